The van der Waals surface area contributed by atoms with E-state index in [1.165, 1.54) is 24.8 Å². The van der Waals surface area contributed by atoms with Gasteiger partial charge in [0.15, 0.2) is 5.82 Å². The number of pyridine rings is 1. The molecule has 7 nitrogen and oxygen atoms in total. The number of hydrogen-bond acceptors (Lipinski definition) is 6. The first kappa shape index (κ1) is 23.7. The Morgan fingerprint density at radius 3 is 2.57 bits per heavy atom. The van der Waals surface area contributed by atoms with Gasteiger partial charge in [-0.3, -0.25) is 9.78 Å². The van der Waals surface area contributed by atoms with Crippen LogP contribution in [0.4, 0.5) is 0 Å². The van der Waals surface area contributed by atoms with Crippen LogP contribution in [0.15, 0.2) is 59.3 Å². The number of amides is 1. The molecule has 1 saturated carbocycles. The molecule has 35 heavy (non-hydrogen) atoms. The molecule has 1 amide bonds. The molecular formula is C28H35N5O2. The van der Waals surface area contributed by atoms with E-state index in [-0.39, 0.29) is 11.9 Å². The summed E-state index contributed by atoms with van der Waals surface area (Å²) in [7, 11) is 0. The van der Waals surface area contributed by atoms with Crippen molar-refractivity contribution in [2.24, 2.45) is 5.92 Å². The number of piperidine rings is 1. The van der Waals surface area contributed by atoms with Crippen molar-refractivity contribution in [2.45, 2.75) is 63.3 Å². The van der Waals surface area contributed by atoms with Gasteiger partial charge in [0.1, 0.15) is 0 Å². The number of hydrogen-bond donors (Lipinski definition) is 1. The van der Waals surface area contributed by atoms with Crippen molar-refractivity contribution in [1.29, 1.82) is 0 Å². The maximum absolute atomic E-state index is 12.6. The predicted molar refractivity (Wildman–Crippen MR) is 134 cm³/mol. The molecule has 1 aromatic carbocycles. The molecule has 1 aliphatic carbocycles. The normalized spacial score (nSPS) is 18.2. The summed E-state index contributed by atoms with van der Waals surface area (Å²) >= 11 is 0. The van der Waals surface area contributed by atoms with Crippen LogP contribution < -0.4 is 5.32 Å². The summed E-state index contributed by atoms with van der Waals surface area (Å²) in [6.07, 6.45) is 9.65. The third-order valence-corrected chi connectivity index (χ3v) is 7.46. The van der Waals surface area contributed by atoms with E-state index in [4.69, 9.17) is 4.52 Å². The van der Waals surface area contributed by atoms with Crippen LogP contribution in [0.1, 0.15) is 79.9 Å². The third kappa shape index (κ3) is 6.54. The summed E-state index contributed by atoms with van der Waals surface area (Å²) in [5, 5.41) is 7.50. The number of carbonyl (C=O) groups excluding carboxylic acids is 1. The average molecular weight is 474 g/mol. The zero-order chi connectivity index (χ0) is 23.9. The van der Waals surface area contributed by atoms with Gasteiger partial charge in [0.05, 0.1) is 12.5 Å². The molecule has 7 heteroatoms. The van der Waals surface area contributed by atoms with Gasteiger partial charge >= 0.3 is 0 Å². The summed E-state index contributed by atoms with van der Waals surface area (Å²) in [4.78, 5) is 24.1. The highest BCUT2D eigenvalue weighted by Gasteiger charge is 2.27. The van der Waals surface area contributed by atoms with Crippen LogP contribution in [-0.4, -0.2) is 45.6 Å². The maximum atomic E-state index is 12.6. The molecule has 0 unspecified atom stereocenters. The standard InChI is InChI=1S/C28H35N5O2/c34-27(19-21-7-6-8-21)30-25(22-9-2-1-3-10-22)14-18-33-16-12-23(13-17-33)28-31-26(32-35-28)20-24-11-4-5-15-29-24/h1-5,9-11,15,21,23,25H,6-8,12-14,16-20H2,(H,30,34)/t25-/m0/s1. The van der Waals surface area contributed by atoms with Gasteiger partial charge in [-0.15, -0.1) is 0 Å². The average Bonchev–Trinajstić information content (AvgIpc) is 3.34. The molecule has 184 valence electrons. The number of likely N-dealkylation sites (tertiary alicyclic amines) is 1. The largest absolute Gasteiger partial charge is 0.349 e. The molecule has 1 atom stereocenters. The van der Waals surface area contributed by atoms with E-state index in [0.717, 1.165) is 50.5 Å². The summed E-state index contributed by atoms with van der Waals surface area (Å²) in [5.74, 6) is 2.54. The molecule has 0 spiro atoms. The van der Waals surface area contributed by atoms with Gasteiger partial charge in [-0.1, -0.05) is 48.0 Å². The van der Waals surface area contributed by atoms with E-state index >= 15 is 0 Å². The number of carbonyl (C=O) groups is 1. The van der Waals surface area contributed by atoms with Crippen molar-refractivity contribution in [3.63, 3.8) is 0 Å². The van der Waals surface area contributed by atoms with Crippen LogP contribution in [0.25, 0.3) is 0 Å². The van der Waals surface area contributed by atoms with Gasteiger partial charge in [0.25, 0.3) is 0 Å². The topological polar surface area (TPSA) is 84.2 Å². The third-order valence-electron chi connectivity index (χ3n) is 7.46. The number of rotatable bonds is 10. The lowest BCUT2D eigenvalue weighted by Crippen LogP contribution is -2.37. The number of aromatic nitrogens is 3. The summed E-state index contributed by atoms with van der Waals surface area (Å²) < 4.78 is 5.60. The van der Waals surface area contributed by atoms with Crippen LogP contribution in [0.3, 0.4) is 0 Å². The Labute approximate surface area is 207 Å². The van der Waals surface area contributed by atoms with Crippen molar-refractivity contribution in [2.75, 3.05) is 19.6 Å². The molecule has 1 N–H and O–H groups in total. The zero-order valence-corrected chi connectivity index (χ0v) is 20.3. The smallest absolute Gasteiger partial charge is 0.229 e. The Kier molecular flexibility index (Phi) is 7.83. The molecule has 0 bridgehead atoms. The molecule has 2 aromatic heterocycles. The fourth-order valence-electron chi connectivity index (χ4n) is 5.10. The van der Waals surface area contributed by atoms with Gasteiger partial charge in [0.2, 0.25) is 11.8 Å². The highest BCUT2D eigenvalue weighted by Crippen LogP contribution is 2.30. The van der Waals surface area contributed by atoms with E-state index in [9.17, 15) is 4.79 Å². The first-order valence-corrected chi connectivity index (χ1v) is 13.0. The second kappa shape index (κ2) is 11.6. The lowest BCUT2D eigenvalue weighted by atomic mass is 9.83. The Morgan fingerprint density at radius 2 is 1.86 bits per heavy atom. The predicted octanol–water partition coefficient (Wildman–Crippen LogP) is 4.67. The van der Waals surface area contributed by atoms with Gasteiger partial charge in [-0.2, -0.15) is 4.98 Å². The fourth-order valence-corrected chi connectivity index (χ4v) is 5.10. The van der Waals surface area contributed by atoms with E-state index < -0.39 is 0 Å². The van der Waals surface area contributed by atoms with Crippen LogP contribution in [-0.2, 0) is 11.2 Å². The molecule has 2 fully saturated rings. The maximum Gasteiger partial charge on any atom is 0.229 e. The van der Waals surface area contributed by atoms with E-state index in [1.807, 2.05) is 24.3 Å². The highest BCUT2D eigenvalue weighted by atomic mass is 16.5. The molecule has 3 heterocycles. The Hall–Kier alpha value is -3.06. The van der Waals surface area contributed by atoms with Crippen LogP contribution in [0, 0.1) is 5.92 Å². The zero-order valence-electron chi connectivity index (χ0n) is 20.3. The van der Waals surface area contributed by atoms with E-state index in [0.29, 0.717) is 30.5 Å². The number of benzene rings is 1. The Morgan fingerprint density at radius 1 is 1.06 bits per heavy atom. The molecular weight excluding hydrogens is 438 g/mol. The Balaban J connectivity index is 1.11. The summed E-state index contributed by atoms with van der Waals surface area (Å²) in [6, 6.07) is 16.3. The molecule has 5 rings (SSSR count). The van der Waals surface area contributed by atoms with Crippen molar-refractivity contribution in [3.05, 3.63) is 77.7 Å². The van der Waals surface area contributed by atoms with Crippen LogP contribution in [0.2, 0.25) is 0 Å². The second-order valence-corrected chi connectivity index (χ2v) is 9.98. The van der Waals surface area contributed by atoms with Gasteiger partial charge in [-0.05, 0) is 68.8 Å². The molecule has 1 saturated heterocycles. The molecule has 2 aliphatic rings. The van der Waals surface area contributed by atoms with Crippen molar-refractivity contribution >= 4 is 5.91 Å². The van der Waals surface area contributed by atoms with Crippen molar-refractivity contribution in [3.8, 4) is 0 Å². The number of nitrogens with zero attached hydrogens (tertiary/aromatic N) is 4. The van der Waals surface area contributed by atoms with Gasteiger partial charge in [0, 0.05) is 30.8 Å². The van der Waals surface area contributed by atoms with Crippen LogP contribution >= 0.6 is 0 Å². The lowest BCUT2D eigenvalue weighted by Gasteiger charge is -2.32. The second-order valence-electron chi connectivity index (χ2n) is 9.98. The summed E-state index contributed by atoms with van der Waals surface area (Å²) in [6.45, 7) is 2.96. The molecule has 3 aromatic rings. The Bertz CT molecular complexity index is 1060. The minimum atomic E-state index is 0.0617. The van der Waals surface area contributed by atoms with Crippen molar-refractivity contribution < 1.29 is 9.32 Å². The highest BCUT2D eigenvalue weighted by molar-refractivity contribution is 5.76. The number of nitrogens with one attached hydrogen (secondary N) is 1. The van der Waals surface area contributed by atoms with E-state index in [1.54, 1.807) is 6.20 Å². The SMILES string of the molecule is O=C(CC1CCC1)N[C@@H](CCN1CCC(c2nc(Cc3ccccn3)no2)CC1)c1ccccc1. The van der Waals surface area contributed by atoms with Crippen molar-refractivity contribution in [1.82, 2.24) is 25.3 Å². The minimum absolute atomic E-state index is 0.0617. The fraction of sp³-hybridized carbons (Fsp3) is 0.500. The molecule has 0 radical (unpaired) electrons. The molecule has 1 aliphatic heterocycles. The van der Waals surface area contributed by atoms with Crippen LogP contribution in [0.5, 0.6) is 0 Å². The lowest BCUT2D eigenvalue weighted by molar-refractivity contribution is -0.123. The summed E-state index contributed by atoms with van der Waals surface area (Å²) in [5.41, 5.74) is 2.14. The minimum Gasteiger partial charge on any atom is -0.349 e. The quantitative estimate of drug-likeness (QED) is 0.461. The van der Waals surface area contributed by atoms with Gasteiger partial charge in [-0.25, -0.2) is 0 Å². The van der Waals surface area contributed by atoms with Gasteiger partial charge < -0.3 is 14.7 Å². The first-order valence-electron chi connectivity index (χ1n) is 13.0. The monoisotopic (exact) mass is 473 g/mol. The first-order chi connectivity index (χ1) is 17.2. The van der Waals surface area contributed by atoms with E-state index in [2.05, 4.69) is 49.6 Å².